The highest BCUT2D eigenvalue weighted by atomic mass is 16.1. The van der Waals surface area contributed by atoms with Gasteiger partial charge in [-0.3, -0.25) is 4.79 Å². The predicted molar refractivity (Wildman–Crippen MR) is 64.9 cm³/mol. The van der Waals surface area contributed by atoms with Crippen LogP contribution in [0.5, 0.6) is 0 Å². The largest absolute Gasteiger partial charge is 0.367 e. The highest BCUT2D eigenvalue weighted by Crippen LogP contribution is 2.39. The number of aryl methyl sites for hydroxylation is 1. The average molecular weight is 215 g/mol. The fourth-order valence-electron chi connectivity index (χ4n) is 3.17. The Labute approximate surface area is 96.3 Å². The molecule has 3 rings (SSSR count). The maximum atomic E-state index is 11.3. The molecule has 2 heterocycles. The van der Waals surface area contributed by atoms with Gasteiger partial charge in [0.15, 0.2) is 0 Å². The van der Waals surface area contributed by atoms with Crippen molar-refractivity contribution in [3.05, 3.63) is 29.3 Å². The van der Waals surface area contributed by atoms with Gasteiger partial charge in [-0.05, 0) is 37.3 Å². The number of hydrogen-bond acceptors (Lipinski definition) is 2. The van der Waals surface area contributed by atoms with E-state index in [-0.39, 0.29) is 0 Å². The molecular weight excluding hydrogens is 198 g/mol. The summed E-state index contributed by atoms with van der Waals surface area (Å²) in [5.74, 6) is 0.310. The van der Waals surface area contributed by atoms with Crippen molar-refractivity contribution >= 4 is 11.5 Å². The predicted octanol–water partition coefficient (Wildman–Crippen LogP) is 2.34. The van der Waals surface area contributed by atoms with E-state index >= 15 is 0 Å². The summed E-state index contributed by atoms with van der Waals surface area (Å²) in [7, 11) is 0. The molecule has 0 amide bonds. The lowest BCUT2D eigenvalue weighted by atomic mass is 10.0. The molecule has 84 valence electrons. The van der Waals surface area contributed by atoms with E-state index in [0.717, 1.165) is 13.0 Å². The lowest BCUT2D eigenvalue weighted by molar-refractivity contribution is -0.117. The molecule has 0 aliphatic carbocycles. The molecule has 0 N–H and O–H groups in total. The topological polar surface area (TPSA) is 20.3 Å². The van der Waals surface area contributed by atoms with Gasteiger partial charge >= 0.3 is 0 Å². The third-order valence-electron chi connectivity index (χ3n) is 3.75. The number of rotatable bonds is 2. The average Bonchev–Trinajstić information content (AvgIpc) is 2.59. The third-order valence-corrected chi connectivity index (χ3v) is 3.75. The van der Waals surface area contributed by atoms with Crippen LogP contribution < -0.4 is 4.90 Å². The number of ketones is 1. The van der Waals surface area contributed by atoms with Gasteiger partial charge in [-0.1, -0.05) is 18.2 Å². The molecule has 1 aromatic rings. The molecule has 0 fully saturated rings. The second-order valence-corrected chi connectivity index (χ2v) is 4.99. The SMILES string of the molecule is CC(=O)CC1Cc2cccc3c2N1CCC3. The van der Waals surface area contributed by atoms with E-state index in [4.69, 9.17) is 0 Å². The molecule has 16 heavy (non-hydrogen) atoms. The summed E-state index contributed by atoms with van der Waals surface area (Å²) < 4.78 is 0. The highest BCUT2D eigenvalue weighted by Gasteiger charge is 2.33. The van der Waals surface area contributed by atoms with Gasteiger partial charge in [-0.25, -0.2) is 0 Å². The van der Waals surface area contributed by atoms with E-state index in [1.807, 2.05) is 0 Å². The third kappa shape index (κ3) is 1.44. The van der Waals surface area contributed by atoms with E-state index < -0.39 is 0 Å². The maximum Gasteiger partial charge on any atom is 0.131 e. The van der Waals surface area contributed by atoms with Gasteiger partial charge in [0.25, 0.3) is 0 Å². The van der Waals surface area contributed by atoms with Crippen molar-refractivity contribution in [2.24, 2.45) is 0 Å². The fourth-order valence-corrected chi connectivity index (χ4v) is 3.17. The summed E-state index contributed by atoms with van der Waals surface area (Å²) in [6, 6.07) is 7.04. The Balaban J connectivity index is 1.98. The van der Waals surface area contributed by atoms with E-state index in [9.17, 15) is 4.79 Å². The minimum absolute atomic E-state index is 0.310. The Bertz CT molecular complexity index is 438. The quantitative estimate of drug-likeness (QED) is 0.754. The van der Waals surface area contributed by atoms with Crippen molar-refractivity contribution < 1.29 is 4.79 Å². The minimum Gasteiger partial charge on any atom is -0.367 e. The van der Waals surface area contributed by atoms with Gasteiger partial charge in [0, 0.05) is 24.7 Å². The van der Waals surface area contributed by atoms with Crippen molar-refractivity contribution in [3.8, 4) is 0 Å². The molecule has 0 radical (unpaired) electrons. The van der Waals surface area contributed by atoms with E-state index in [2.05, 4.69) is 23.1 Å². The van der Waals surface area contributed by atoms with E-state index in [1.165, 1.54) is 29.7 Å². The number of benzene rings is 1. The Morgan fingerprint density at radius 2 is 2.25 bits per heavy atom. The second-order valence-electron chi connectivity index (χ2n) is 4.99. The molecule has 0 bridgehead atoms. The fraction of sp³-hybridized carbons (Fsp3) is 0.500. The van der Waals surface area contributed by atoms with Crippen molar-refractivity contribution in [3.63, 3.8) is 0 Å². The smallest absolute Gasteiger partial charge is 0.131 e. The molecule has 2 heteroatoms. The number of carbonyl (C=O) groups excluding carboxylic acids is 1. The zero-order valence-electron chi connectivity index (χ0n) is 9.70. The molecule has 2 aliphatic rings. The van der Waals surface area contributed by atoms with Crippen LogP contribution in [0.1, 0.15) is 30.9 Å². The summed E-state index contributed by atoms with van der Waals surface area (Å²) in [6.07, 6.45) is 4.19. The summed E-state index contributed by atoms with van der Waals surface area (Å²) in [5.41, 5.74) is 4.37. The second kappa shape index (κ2) is 3.62. The first-order valence-corrected chi connectivity index (χ1v) is 6.12. The minimum atomic E-state index is 0.310. The monoisotopic (exact) mass is 215 g/mol. The molecule has 0 saturated heterocycles. The lowest BCUT2D eigenvalue weighted by Gasteiger charge is -2.32. The normalized spacial score (nSPS) is 22.1. The molecule has 1 atom stereocenters. The molecule has 1 unspecified atom stereocenters. The van der Waals surface area contributed by atoms with Crippen molar-refractivity contribution in [1.82, 2.24) is 0 Å². The van der Waals surface area contributed by atoms with Crippen LogP contribution in [0.3, 0.4) is 0 Å². The summed E-state index contributed by atoms with van der Waals surface area (Å²) in [5, 5.41) is 0. The molecule has 0 spiro atoms. The Hall–Kier alpha value is -1.31. The van der Waals surface area contributed by atoms with Crippen LogP contribution in [0.15, 0.2) is 18.2 Å². The lowest BCUT2D eigenvalue weighted by Crippen LogP contribution is -2.36. The van der Waals surface area contributed by atoms with Crippen LogP contribution in [0.4, 0.5) is 5.69 Å². The Morgan fingerprint density at radius 3 is 3.06 bits per heavy atom. The highest BCUT2D eigenvalue weighted by molar-refractivity contribution is 5.78. The first-order valence-electron chi connectivity index (χ1n) is 6.12. The summed E-state index contributed by atoms with van der Waals surface area (Å²) in [4.78, 5) is 13.8. The Kier molecular flexibility index (Phi) is 2.23. The molecule has 2 nitrogen and oxygen atoms in total. The van der Waals surface area contributed by atoms with Crippen LogP contribution in [0.25, 0.3) is 0 Å². The van der Waals surface area contributed by atoms with E-state index in [1.54, 1.807) is 6.92 Å². The first kappa shape index (κ1) is 9.88. The van der Waals surface area contributed by atoms with Gasteiger partial charge < -0.3 is 4.90 Å². The number of carbonyl (C=O) groups is 1. The van der Waals surface area contributed by atoms with E-state index in [0.29, 0.717) is 18.2 Å². The summed E-state index contributed by atoms with van der Waals surface area (Å²) in [6.45, 7) is 2.83. The molecule has 2 aliphatic heterocycles. The van der Waals surface area contributed by atoms with Gasteiger partial charge in [0.1, 0.15) is 5.78 Å². The van der Waals surface area contributed by atoms with Crippen LogP contribution in [-0.4, -0.2) is 18.4 Å². The van der Waals surface area contributed by atoms with Gasteiger partial charge in [0.05, 0.1) is 0 Å². The van der Waals surface area contributed by atoms with Gasteiger partial charge in [-0.15, -0.1) is 0 Å². The molecule has 0 saturated carbocycles. The van der Waals surface area contributed by atoms with Crippen LogP contribution in [0, 0.1) is 0 Å². The van der Waals surface area contributed by atoms with Gasteiger partial charge in [0.2, 0.25) is 0 Å². The van der Waals surface area contributed by atoms with Crippen LogP contribution >= 0.6 is 0 Å². The van der Waals surface area contributed by atoms with Crippen molar-refractivity contribution in [2.45, 2.75) is 38.6 Å². The maximum absolute atomic E-state index is 11.3. The Morgan fingerprint density at radius 1 is 1.44 bits per heavy atom. The standard InChI is InChI=1S/C14H17NO/c1-10(16)8-13-9-12-5-2-4-11-6-3-7-15(13)14(11)12/h2,4-5,13H,3,6-9H2,1H3. The number of nitrogens with zero attached hydrogens (tertiary/aromatic N) is 1. The number of anilines is 1. The molecular formula is C14H17NO. The van der Waals surface area contributed by atoms with Crippen molar-refractivity contribution in [1.29, 1.82) is 0 Å². The number of para-hydroxylation sites is 1. The molecule has 1 aromatic carbocycles. The zero-order chi connectivity index (χ0) is 11.1. The molecule has 0 aromatic heterocycles. The summed E-state index contributed by atoms with van der Waals surface area (Å²) >= 11 is 0. The zero-order valence-corrected chi connectivity index (χ0v) is 9.70. The van der Waals surface area contributed by atoms with Gasteiger partial charge in [-0.2, -0.15) is 0 Å². The number of Topliss-reactive ketones (excluding diaryl/α,β-unsaturated/α-hetero) is 1. The van der Waals surface area contributed by atoms with Crippen LogP contribution in [0.2, 0.25) is 0 Å². The first-order chi connectivity index (χ1) is 7.75. The van der Waals surface area contributed by atoms with Crippen molar-refractivity contribution in [2.75, 3.05) is 11.4 Å². The number of hydrogen-bond donors (Lipinski definition) is 0. The van der Waals surface area contributed by atoms with Crippen LogP contribution in [-0.2, 0) is 17.6 Å².